The van der Waals surface area contributed by atoms with Gasteiger partial charge >= 0.3 is 0 Å². The summed E-state index contributed by atoms with van der Waals surface area (Å²) in [5, 5.41) is 8.97. The lowest BCUT2D eigenvalue weighted by Crippen LogP contribution is -2.16. The first kappa shape index (κ1) is 16.1. The number of hydrogen-bond acceptors (Lipinski definition) is 4. The maximum Gasteiger partial charge on any atom is 0.142 e. The molecule has 112 valence electrons. The lowest BCUT2D eigenvalue weighted by atomic mass is 10.0. The van der Waals surface area contributed by atoms with Gasteiger partial charge in [0.1, 0.15) is 16.8 Å². The highest BCUT2D eigenvalue weighted by Crippen LogP contribution is 2.15. The predicted molar refractivity (Wildman–Crippen MR) is 88.8 cm³/mol. The maximum atomic E-state index is 13.1. The zero-order valence-electron chi connectivity index (χ0n) is 12.4. The Kier molecular flexibility index (Phi) is 5.23. The number of nitriles is 1. The highest BCUT2D eigenvalue weighted by molar-refractivity contribution is 7.80. The molecule has 1 aliphatic heterocycles. The second-order valence-corrected chi connectivity index (χ2v) is 5.45. The summed E-state index contributed by atoms with van der Waals surface area (Å²) in [5.41, 5.74) is 3.14. The molecule has 0 saturated heterocycles. The van der Waals surface area contributed by atoms with Gasteiger partial charge in [0.25, 0.3) is 0 Å². The van der Waals surface area contributed by atoms with Crippen LogP contribution in [0.4, 0.5) is 4.39 Å². The van der Waals surface area contributed by atoms with Gasteiger partial charge in [0.2, 0.25) is 0 Å². The molecule has 0 aliphatic carbocycles. The van der Waals surface area contributed by atoms with Crippen molar-refractivity contribution in [1.82, 2.24) is 4.98 Å². The van der Waals surface area contributed by atoms with E-state index in [0.29, 0.717) is 23.4 Å². The number of aromatic nitrogens is 1. The van der Waals surface area contributed by atoms with Gasteiger partial charge in [0.05, 0.1) is 12.3 Å². The molecule has 0 amide bonds. The Bertz CT molecular complexity index is 728. The number of dihydropyridines is 1. The number of halogens is 1. The maximum absolute atomic E-state index is 13.1. The molecule has 0 saturated carbocycles. The molecule has 0 spiro atoms. The van der Waals surface area contributed by atoms with Crippen molar-refractivity contribution in [2.45, 2.75) is 32.7 Å². The number of thiocarbonyl (C=S) groups is 1. The first-order valence-electron chi connectivity index (χ1n) is 6.82. The third-order valence-electron chi connectivity index (χ3n) is 3.23. The molecule has 0 fully saturated rings. The molecular weight excluding hydrogens is 299 g/mol. The third kappa shape index (κ3) is 4.12. The van der Waals surface area contributed by atoms with Crippen molar-refractivity contribution < 1.29 is 4.39 Å². The molecule has 2 heterocycles. The summed E-state index contributed by atoms with van der Waals surface area (Å²) in [6.07, 6.45) is 5.78. The zero-order valence-corrected chi connectivity index (χ0v) is 13.2. The second-order valence-electron chi connectivity index (χ2n) is 5.06. The molecule has 1 aliphatic rings. The molecule has 1 unspecified atom stereocenters. The zero-order chi connectivity index (χ0) is 16.1. The summed E-state index contributed by atoms with van der Waals surface area (Å²) in [5.74, 6) is -0.444. The normalized spacial score (nSPS) is 18.3. The third-order valence-corrected chi connectivity index (χ3v) is 3.56. The number of rotatable bonds is 3. The minimum absolute atomic E-state index is 0.291. The van der Waals surface area contributed by atoms with E-state index in [1.165, 1.54) is 12.3 Å². The first-order chi connectivity index (χ1) is 10.5. The number of aliphatic imine (C=N–C) groups is 2. The molecule has 1 aromatic heterocycles. The van der Waals surface area contributed by atoms with Gasteiger partial charge in [-0.3, -0.25) is 9.98 Å². The van der Waals surface area contributed by atoms with Crippen LogP contribution in [0.2, 0.25) is 0 Å². The van der Waals surface area contributed by atoms with Crippen LogP contribution in [0.5, 0.6) is 0 Å². The minimum atomic E-state index is -0.444. The van der Waals surface area contributed by atoms with Gasteiger partial charge in [0.15, 0.2) is 0 Å². The molecule has 22 heavy (non-hydrogen) atoms. The summed E-state index contributed by atoms with van der Waals surface area (Å²) in [6.45, 7) is 3.80. The van der Waals surface area contributed by atoms with Crippen LogP contribution in [0.1, 0.15) is 32.3 Å². The van der Waals surface area contributed by atoms with Crippen LogP contribution in [0.25, 0.3) is 0 Å². The fourth-order valence-corrected chi connectivity index (χ4v) is 2.33. The topological polar surface area (TPSA) is 61.4 Å². The average molecular weight is 314 g/mol. The lowest BCUT2D eigenvalue weighted by molar-refractivity contribution is 0.621. The van der Waals surface area contributed by atoms with E-state index in [0.717, 1.165) is 23.2 Å². The number of nitrogens with zero attached hydrogens (tertiary/aromatic N) is 4. The smallest absolute Gasteiger partial charge is 0.142 e. The predicted octanol–water partition coefficient (Wildman–Crippen LogP) is 3.43. The Morgan fingerprint density at radius 1 is 1.55 bits per heavy atom. The molecule has 0 radical (unpaired) electrons. The highest BCUT2D eigenvalue weighted by atomic mass is 32.1. The molecule has 1 atom stereocenters. The highest BCUT2D eigenvalue weighted by Gasteiger charge is 2.15. The molecule has 6 heteroatoms. The van der Waals surface area contributed by atoms with Crippen molar-refractivity contribution >= 4 is 28.6 Å². The van der Waals surface area contributed by atoms with Crippen molar-refractivity contribution in [3.63, 3.8) is 0 Å². The van der Waals surface area contributed by atoms with Gasteiger partial charge in [-0.05, 0) is 25.5 Å². The van der Waals surface area contributed by atoms with Crippen LogP contribution in [0, 0.1) is 17.1 Å². The monoisotopic (exact) mass is 314 g/mol. The summed E-state index contributed by atoms with van der Waals surface area (Å²) in [7, 11) is 0. The van der Waals surface area contributed by atoms with E-state index in [-0.39, 0.29) is 6.04 Å². The molecular formula is C16H15FN4S. The summed E-state index contributed by atoms with van der Waals surface area (Å²) in [4.78, 5) is 12.8. The van der Waals surface area contributed by atoms with Gasteiger partial charge in [0, 0.05) is 36.0 Å². The van der Waals surface area contributed by atoms with Gasteiger partial charge < -0.3 is 0 Å². The van der Waals surface area contributed by atoms with Crippen LogP contribution >= 0.6 is 12.2 Å². The fourth-order valence-electron chi connectivity index (χ4n) is 2.06. The summed E-state index contributed by atoms with van der Waals surface area (Å²) in [6, 6.07) is 3.13. The Morgan fingerprint density at radius 3 is 3.00 bits per heavy atom. The van der Waals surface area contributed by atoms with Gasteiger partial charge in [-0.1, -0.05) is 18.3 Å². The van der Waals surface area contributed by atoms with Crippen LogP contribution < -0.4 is 0 Å². The Balaban J connectivity index is 2.13. The van der Waals surface area contributed by atoms with E-state index >= 15 is 0 Å². The van der Waals surface area contributed by atoms with Gasteiger partial charge in [-0.25, -0.2) is 9.38 Å². The Hall–Kier alpha value is -2.26. The number of hydrogen-bond donors (Lipinski definition) is 0. The SMILES string of the molecule is CC1=CCC(C#N)N=C1CC(C)=NC(=S)c1cncc(F)c1. The molecule has 0 aromatic carbocycles. The fraction of sp³-hybridized carbons (Fsp3) is 0.312. The van der Waals surface area contributed by atoms with Crippen LogP contribution in [-0.4, -0.2) is 27.4 Å². The molecule has 0 bridgehead atoms. The van der Waals surface area contributed by atoms with E-state index in [4.69, 9.17) is 17.5 Å². The largest absolute Gasteiger partial charge is 0.270 e. The number of pyridine rings is 1. The Morgan fingerprint density at radius 2 is 2.32 bits per heavy atom. The van der Waals surface area contributed by atoms with E-state index in [1.807, 2.05) is 19.9 Å². The molecule has 2 rings (SSSR count). The van der Waals surface area contributed by atoms with Crippen LogP contribution in [0.3, 0.4) is 0 Å². The van der Waals surface area contributed by atoms with Gasteiger partial charge in [-0.2, -0.15) is 5.26 Å². The van der Waals surface area contributed by atoms with E-state index < -0.39 is 5.82 Å². The van der Waals surface area contributed by atoms with Crippen molar-refractivity contribution in [3.05, 3.63) is 41.5 Å². The van der Waals surface area contributed by atoms with Crippen molar-refractivity contribution in [1.29, 1.82) is 5.26 Å². The van der Waals surface area contributed by atoms with Gasteiger partial charge in [-0.15, -0.1) is 0 Å². The summed E-state index contributed by atoms with van der Waals surface area (Å²) >= 11 is 5.20. The minimum Gasteiger partial charge on any atom is -0.270 e. The molecule has 4 nitrogen and oxygen atoms in total. The van der Waals surface area contributed by atoms with Crippen molar-refractivity contribution in [2.24, 2.45) is 9.98 Å². The average Bonchev–Trinajstić information content (AvgIpc) is 2.49. The standard InChI is InChI=1S/C16H15FN4S/c1-10-3-4-14(7-18)21-15(10)5-11(2)20-16(22)12-6-13(17)9-19-8-12/h3,6,8-9,14H,4-5H2,1-2H3. The Labute approximate surface area is 134 Å². The van der Waals surface area contributed by atoms with E-state index in [2.05, 4.69) is 21.0 Å². The van der Waals surface area contributed by atoms with E-state index in [9.17, 15) is 4.39 Å². The first-order valence-corrected chi connectivity index (χ1v) is 7.23. The van der Waals surface area contributed by atoms with Crippen molar-refractivity contribution in [2.75, 3.05) is 0 Å². The molecule has 1 aromatic rings. The summed E-state index contributed by atoms with van der Waals surface area (Å²) < 4.78 is 13.1. The molecule has 0 N–H and O–H groups in total. The quantitative estimate of drug-likeness (QED) is 0.634. The second kappa shape index (κ2) is 7.14. The lowest BCUT2D eigenvalue weighted by Gasteiger charge is -2.14. The van der Waals surface area contributed by atoms with E-state index in [1.54, 1.807) is 0 Å². The number of allylic oxidation sites excluding steroid dienone is 1. The van der Waals surface area contributed by atoms with Crippen LogP contribution in [0.15, 0.2) is 40.1 Å². The van der Waals surface area contributed by atoms with Crippen LogP contribution in [-0.2, 0) is 0 Å². The van der Waals surface area contributed by atoms with Crippen molar-refractivity contribution in [3.8, 4) is 6.07 Å².